The number of ether oxygens (including phenoxy) is 2. The van der Waals surface area contributed by atoms with Crippen LogP contribution in [-0.4, -0.2) is 67.2 Å². The SMILES string of the molecule is CCc1cc(CN(C)S(=O)(=O)C(F)F)cc(F)c1N(C)c1cc2c(ncn2C)c(NC(=O)c2ccc(OC)cc2OC)n1. The Morgan fingerprint density at radius 1 is 1.12 bits per heavy atom. The molecule has 1 amide bonds. The summed E-state index contributed by atoms with van der Waals surface area (Å²) in [6.07, 6.45) is 1.89. The molecule has 0 bridgehead atoms. The number of methoxy groups -OCH3 is 2. The van der Waals surface area contributed by atoms with E-state index < -0.39 is 34.0 Å². The van der Waals surface area contributed by atoms with E-state index in [2.05, 4.69) is 15.3 Å². The summed E-state index contributed by atoms with van der Waals surface area (Å²) in [6.45, 7) is 1.34. The quantitative estimate of drug-likeness (QED) is 0.257. The topological polar surface area (TPSA) is 119 Å². The van der Waals surface area contributed by atoms with Gasteiger partial charge in [-0.05, 0) is 35.7 Å². The van der Waals surface area contributed by atoms with Gasteiger partial charge >= 0.3 is 5.76 Å². The van der Waals surface area contributed by atoms with E-state index in [1.165, 1.54) is 19.1 Å². The Labute approximate surface area is 246 Å². The summed E-state index contributed by atoms with van der Waals surface area (Å²) in [5.74, 6) is -3.64. The van der Waals surface area contributed by atoms with Crippen molar-refractivity contribution >= 4 is 44.3 Å². The fourth-order valence-electron chi connectivity index (χ4n) is 4.59. The van der Waals surface area contributed by atoms with Gasteiger partial charge < -0.3 is 24.3 Å². The third kappa shape index (κ3) is 6.22. The van der Waals surface area contributed by atoms with Crippen LogP contribution in [0.5, 0.6) is 11.5 Å². The molecule has 15 heteroatoms. The smallest absolute Gasteiger partial charge is 0.350 e. The third-order valence-electron chi connectivity index (χ3n) is 6.91. The van der Waals surface area contributed by atoms with E-state index in [1.54, 1.807) is 62.2 Å². The molecule has 0 atom stereocenters. The predicted octanol–water partition coefficient (Wildman–Crippen LogP) is 4.69. The van der Waals surface area contributed by atoms with Crippen LogP contribution in [0, 0.1) is 5.82 Å². The lowest BCUT2D eigenvalue weighted by Crippen LogP contribution is -2.31. The molecule has 43 heavy (non-hydrogen) atoms. The molecular formula is C28H31F3N6O5S. The van der Waals surface area contributed by atoms with Crippen molar-refractivity contribution in [2.75, 3.05) is 38.5 Å². The van der Waals surface area contributed by atoms with E-state index >= 15 is 4.39 Å². The number of imidazole rings is 1. The first kappa shape index (κ1) is 31.6. The van der Waals surface area contributed by atoms with Crippen LogP contribution < -0.4 is 19.7 Å². The molecule has 2 aromatic carbocycles. The van der Waals surface area contributed by atoms with Gasteiger partial charge in [-0.25, -0.2) is 22.8 Å². The molecular weight excluding hydrogens is 589 g/mol. The highest BCUT2D eigenvalue weighted by atomic mass is 32.2. The highest BCUT2D eigenvalue weighted by Crippen LogP contribution is 2.34. The molecule has 4 rings (SSSR count). The fourth-order valence-corrected chi connectivity index (χ4v) is 5.19. The van der Waals surface area contributed by atoms with Crippen molar-refractivity contribution in [1.29, 1.82) is 0 Å². The van der Waals surface area contributed by atoms with Crippen LogP contribution in [-0.2, 0) is 30.0 Å². The average molecular weight is 621 g/mol. The first-order valence-electron chi connectivity index (χ1n) is 13.0. The number of aromatic nitrogens is 3. The van der Waals surface area contributed by atoms with Gasteiger partial charge in [0.1, 0.15) is 28.7 Å². The van der Waals surface area contributed by atoms with Gasteiger partial charge in [0.25, 0.3) is 15.9 Å². The van der Waals surface area contributed by atoms with E-state index in [9.17, 15) is 22.0 Å². The molecule has 11 nitrogen and oxygen atoms in total. The highest BCUT2D eigenvalue weighted by molar-refractivity contribution is 7.89. The minimum atomic E-state index is -4.84. The number of carbonyl (C=O) groups excluding carboxylic acids is 1. The molecule has 0 spiro atoms. The molecule has 0 saturated carbocycles. The van der Waals surface area contributed by atoms with Gasteiger partial charge in [0.15, 0.2) is 5.82 Å². The molecule has 0 aliphatic heterocycles. The molecule has 1 N–H and O–H groups in total. The van der Waals surface area contributed by atoms with E-state index in [0.717, 1.165) is 13.1 Å². The number of pyridine rings is 1. The Hall–Kier alpha value is -4.37. The molecule has 0 aliphatic carbocycles. The Morgan fingerprint density at radius 2 is 1.84 bits per heavy atom. The average Bonchev–Trinajstić information content (AvgIpc) is 3.36. The monoisotopic (exact) mass is 620 g/mol. The zero-order chi connectivity index (χ0) is 31.6. The van der Waals surface area contributed by atoms with Crippen LogP contribution in [0.4, 0.5) is 30.5 Å². The number of amides is 1. The summed E-state index contributed by atoms with van der Waals surface area (Å²) < 4.78 is 78.0. The van der Waals surface area contributed by atoms with Crippen molar-refractivity contribution in [3.8, 4) is 11.5 Å². The zero-order valence-electron chi connectivity index (χ0n) is 24.4. The van der Waals surface area contributed by atoms with Crippen molar-refractivity contribution < 1.29 is 35.9 Å². The minimum absolute atomic E-state index is 0.122. The van der Waals surface area contributed by atoms with Gasteiger partial charge in [-0.2, -0.15) is 13.1 Å². The van der Waals surface area contributed by atoms with Gasteiger partial charge in [0.2, 0.25) is 0 Å². The summed E-state index contributed by atoms with van der Waals surface area (Å²) in [6, 6.07) is 9.08. The van der Waals surface area contributed by atoms with Crippen LogP contribution >= 0.6 is 0 Å². The van der Waals surface area contributed by atoms with Crippen molar-refractivity contribution in [3.63, 3.8) is 0 Å². The highest BCUT2D eigenvalue weighted by Gasteiger charge is 2.30. The van der Waals surface area contributed by atoms with Gasteiger partial charge in [0, 0.05) is 39.8 Å². The lowest BCUT2D eigenvalue weighted by atomic mass is 10.0. The van der Waals surface area contributed by atoms with Gasteiger partial charge in [0.05, 0.1) is 37.3 Å². The molecule has 0 fully saturated rings. The molecule has 2 heterocycles. The number of fused-ring (bicyclic) bond motifs is 1. The first-order valence-corrected chi connectivity index (χ1v) is 14.5. The second-order valence-electron chi connectivity index (χ2n) is 9.63. The van der Waals surface area contributed by atoms with Crippen LogP contribution in [0.1, 0.15) is 28.4 Å². The van der Waals surface area contributed by atoms with Crippen molar-refractivity contribution in [2.45, 2.75) is 25.6 Å². The Morgan fingerprint density at radius 3 is 2.47 bits per heavy atom. The van der Waals surface area contributed by atoms with Gasteiger partial charge in [-0.15, -0.1) is 0 Å². The minimum Gasteiger partial charge on any atom is -0.497 e. The van der Waals surface area contributed by atoms with Crippen LogP contribution in [0.2, 0.25) is 0 Å². The molecule has 0 radical (unpaired) electrons. The lowest BCUT2D eigenvalue weighted by molar-refractivity contribution is 0.102. The number of sulfonamides is 1. The van der Waals surface area contributed by atoms with Gasteiger partial charge in [-0.1, -0.05) is 13.0 Å². The first-order chi connectivity index (χ1) is 20.3. The summed E-state index contributed by atoms with van der Waals surface area (Å²) >= 11 is 0. The number of hydrogen-bond donors (Lipinski definition) is 1. The maximum absolute atomic E-state index is 15.7. The summed E-state index contributed by atoms with van der Waals surface area (Å²) in [5.41, 5.74) is 2.06. The number of hydrogen-bond acceptors (Lipinski definition) is 8. The Kier molecular flexibility index (Phi) is 9.15. The van der Waals surface area contributed by atoms with Crippen molar-refractivity contribution in [1.82, 2.24) is 18.8 Å². The predicted molar refractivity (Wildman–Crippen MR) is 156 cm³/mol. The van der Waals surface area contributed by atoms with Crippen molar-refractivity contribution in [2.24, 2.45) is 7.05 Å². The molecule has 230 valence electrons. The van der Waals surface area contributed by atoms with E-state index in [4.69, 9.17) is 9.47 Å². The lowest BCUT2D eigenvalue weighted by Gasteiger charge is -2.24. The van der Waals surface area contributed by atoms with Crippen LogP contribution in [0.3, 0.4) is 0 Å². The van der Waals surface area contributed by atoms with Crippen molar-refractivity contribution in [3.05, 3.63) is 65.2 Å². The van der Waals surface area contributed by atoms with E-state index in [-0.39, 0.29) is 34.2 Å². The number of carbonyl (C=O) groups is 1. The molecule has 2 aromatic heterocycles. The van der Waals surface area contributed by atoms with Gasteiger partial charge in [-0.3, -0.25) is 4.79 Å². The number of halogens is 3. The molecule has 0 saturated heterocycles. The fraction of sp³-hybridized carbons (Fsp3) is 0.321. The molecule has 4 aromatic rings. The second kappa shape index (κ2) is 12.5. The maximum Gasteiger partial charge on any atom is 0.350 e. The third-order valence-corrected chi connectivity index (χ3v) is 8.36. The van der Waals surface area contributed by atoms with Crippen LogP contribution in [0.25, 0.3) is 11.0 Å². The number of anilines is 3. The molecule has 0 unspecified atom stereocenters. The van der Waals surface area contributed by atoms with Crippen LogP contribution in [0.15, 0.2) is 42.7 Å². The zero-order valence-corrected chi connectivity index (χ0v) is 25.2. The number of alkyl halides is 2. The Bertz CT molecular complexity index is 1780. The van der Waals surface area contributed by atoms with E-state index in [1.807, 2.05) is 0 Å². The molecule has 0 aliphatic rings. The van der Waals surface area contributed by atoms with E-state index in [0.29, 0.717) is 33.1 Å². The number of benzene rings is 2. The summed E-state index contributed by atoms with van der Waals surface area (Å²) in [5, 5.41) is 2.78. The summed E-state index contributed by atoms with van der Waals surface area (Å²) in [4.78, 5) is 23.8. The number of aryl methyl sites for hydroxylation is 2. The number of rotatable bonds is 11. The number of nitrogens with one attached hydrogen (secondary N) is 1. The normalized spacial score (nSPS) is 11.8. The Balaban J connectivity index is 1.73. The largest absolute Gasteiger partial charge is 0.497 e. The summed E-state index contributed by atoms with van der Waals surface area (Å²) in [7, 11) is 2.44. The maximum atomic E-state index is 15.7. The number of nitrogens with zero attached hydrogens (tertiary/aromatic N) is 5. The standard InChI is InChI=1S/C28H31F3N6O5S/c1-7-17-10-16(14-36(3)43(39,40)28(30)31)11-20(29)25(17)37(4)23-13-21-24(32-15-35(21)2)26(33-23)34-27(38)19-9-8-18(41-5)12-22(19)42-6/h8-13,15,28H,7,14H2,1-6H3,(H,33,34,38). The second-order valence-corrected chi connectivity index (χ2v) is 11.6.